The van der Waals surface area contributed by atoms with Crippen LogP contribution in [0.2, 0.25) is 5.15 Å². The lowest BCUT2D eigenvalue weighted by atomic mass is 9.80. The zero-order chi connectivity index (χ0) is 10.9. The first-order valence-corrected chi connectivity index (χ1v) is 5.85. The minimum absolute atomic E-state index is 0.227. The van der Waals surface area contributed by atoms with Crippen molar-refractivity contribution in [1.82, 2.24) is 4.98 Å². The number of thiazole rings is 1. The van der Waals surface area contributed by atoms with Gasteiger partial charge in [0.1, 0.15) is 10.9 Å². The number of nitrogens with one attached hydrogen (secondary N) is 1. The lowest BCUT2D eigenvalue weighted by molar-refractivity contribution is -0.0201. The van der Waals surface area contributed by atoms with Crippen molar-refractivity contribution in [2.75, 3.05) is 11.9 Å². The van der Waals surface area contributed by atoms with Crippen LogP contribution in [0.5, 0.6) is 0 Å². The molecule has 2 N–H and O–H groups in total. The van der Waals surface area contributed by atoms with Gasteiger partial charge in [-0.3, -0.25) is 0 Å². The largest absolute Gasteiger partial charge is 0.388 e. The molecule has 4 nitrogen and oxygen atoms in total. The molecule has 6 heteroatoms. The van der Waals surface area contributed by atoms with Gasteiger partial charge < -0.3 is 10.4 Å². The van der Waals surface area contributed by atoms with E-state index in [0.717, 1.165) is 19.3 Å². The van der Waals surface area contributed by atoms with Gasteiger partial charge in [0.05, 0.1) is 5.60 Å². The first-order valence-electron chi connectivity index (χ1n) is 4.66. The van der Waals surface area contributed by atoms with Gasteiger partial charge >= 0.3 is 0 Å². The van der Waals surface area contributed by atoms with Crippen molar-refractivity contribution < 1.29 is 5.11 Å². The van der Waals surface area contributed by atoms with E-state index in [1.54, 1.807) is 0 Å². The first kappa shape index (κ1) is 10.7. The summed E-state index contributed by atoms with van der Waals surface area (Å²) in [7, 11) is 0. The molecule has 1 aliphatic rings. The third-order valence-electron chi connectivity index (χ3n) is 2.54. The second-order valence-electron chi connectivity index (χ2n) is 3.68. The maximum Gasteiger partial charge on any atom is 0.185 e. The lowest BCUT2D eigenvalue weighted by Gasteiger charge is -2.36. The fourth-order valence-electron chi connectivity index (χ4n) is 1.45. The average molecular weight is 244 g/mol. The molecule has 0 bridgehead atoms. The van der Waals surface area contributed by atoms with Crippen LogP contribution in [0, 0.1) is 11.3 Å². The third-order valence-corrected chi connectivity index (χ3v) is 3.84. The molecule has 1 fully saturated rings. The minimum Gasteiger partial charge on any atom is -0.388 e. The predicted molar refractivity (Wildman–Crippen MR) is 59.1 cm³/mol. The summed E-state index contributed by atoms with van der Waals surface area (Å²) in [6.07, 6.45) is 2.72. The predicted octanol–water partition coefficient (Wildman–Crippen LogP) is 2.00. The fraction of sp³-hybridized carbons (Fsp3) is 0.556. The van der Waals surface area contributed by atoms with Crippen molar-refractivity contribution in [3.8, 4) is 6.07 Å². The van der Waals surface area contributed by atoms with E-state index in [4.69, 9.17) is 16.9 Å². The van der Waals surface area contributed by atoms with Gasteiger partial charge in [0.15, 0.2) is 10.3 Å². The highest BCUT2D eigenvalue weighted by Crippen LogP contribution is 2.33. The second kappa shape index (κ2) is 3.97. The Morgan fingerprint density at radius 2 is 2.40 bits per heavy atom. The summed E-state index contributed by atoms with van der Waals surface area (Å²) < 4.78 is 0. The highest BCUT2D eigenvalue weighted by Gasteiger charge is 2.34. The molecule has 0 radical (unpaired) electrons. The Morgan fingerprint density at radius 3 is 2.87 bits per heavy atom. The van der Waals surface area contributed by atoms with E-state index in [1.807, 2.05) is 6.07 Å². The van der Waals surface area contributed by atoms with E-state index in [9.17, 15) is 5.11 Å². The zero-order valence-corrected chi connectivity index (χ0v) is 9.53. The van der Waals surface area contributed by atoms with Crippen LogP contribution in [0.25, 0.3) is 0 Å². The van der Waals surface area contributed by atoms with E-state index < -0.39 is 5.60 Å². The van der Waals surface area contributed by atoms with Crippen LogP contribution in [-0.2, 0) is 0 Å². The fourth-order valence-corrected chi connectivity index (χ4v) is 2.39. The first-order chi connectivity index (χ1) is 7.13. The number of halogens is 1. The lowest BCUT2D eigenvalue weighted by Crippen LogP contribution is -2.43. The number of hydrogen-bond donors (Lipinski definition) is 2. The average Bonchev–Trinajstić information content (AvgIpc) is 2.53. The van der Waals surface area contributed by atoms with Crippen LogP contribution < -0.4 is 5.32 Å². The summed E-state index contributed by atoms with van der Waals surface area (Å²) in [6.45, 7) is 0.474. The molecule has 1 heterocycles. The van der Waals surface area contributed by atoms with E-state index >= 15 is 0 Å². The molecule has 0 atom stereocenters. The van der Waals surface area contributed by atoms with Crippen LogP contribution in [-0.4, -0.2) is 22.2 Å². The maximum atomic E-state index is 9.82. The van der Waals surface area contributed by atoms with E-state index in [0.29, 0.717) is 16.6 Å². The van der Waals surface area contributed by atoms with Gasteiger partial charge in [-0.2, -0.15) is 5.26 Å². The van der Waals surface area contributed by atoms with Crippen molar-refractivity contribution in [1.29, 1.82) is 5.26 Å². The molecule has 2 rings (SSSR count). The molecule has 80 valence electrons. The highest BCUT2D eigenvalue weighted by molar-refractivity contribution is 7.16. The number of nitrogens with zero attached hydrogens (tertiary/aromatic N) is 2. The van der Waals surface area contributed by atoms with Crippen LogP contribution >= 0.6 is 22.9 Å². The number of anilines is 1. The third kappa shape index (κ3) is 2.23. The van der Waals surface area contributed by atoms with Crippen molar-refractivity contribution in [2.24, 2.45) is 0 Å². The molecule has 0 saturated heterocycles. The topological polar surface area (TPSA) is 68.9 Å². The van der Waals surface area contributed by atoms with Gasteiger partial charge in [-0.1, -0.05) is 22.9 Å². The molecule has 1 saturated carbocycles. The van der Waals surface area contributed by atoms with Crippen LogP contribution in [0.15, 0.2) is 0 Å². The summed E-state index contributed by atoms with van der Waals surface area (Å²) >= 11 is 6.93. The molecule has 1 aromatic heterocycles. The standard InChI is InChI=1S/C9H10ClN3OS/c10-7-6(4-11)15-8(13-7)12-5-9(14)2-1-3-9/h14H,1-3,5H2,(H,12,13). The molecule has 1 aliphatic carbocycles. The van der Waals surface area contributed by atoms with Gasteiger partial charge in [-0.15, -0.1) is 0 Å². The molecule has 0 spiro atoms. The van der Waals surface area contributed by atoms with Gasteiger partial charge in [0.2, 0.25) is 0 Å². The van der Waals surface area contributed by atoms with Crippen molar-refractivity contribution >= 4 is 28.1 Å². The number of rotatable bonds is 3. The number of hydrogen-bond acceptors (Lipinski definition) is 5. The molecule has 0 aliphatic heterocycles. The molecule has 0 amide bonds. The van der Waals surface area contributed by atoms with Gasteiger partial charge in [-0.25, -0.2) is 4.98 Å². The highest BCUT2D eigenvalue weighted by atomic mass is 35.5. The molecule has 0 aromatic carbocycles. The quantitative estimate of drug-likeness (QED) is 0.852. The molecule has 1 aromatic rings. The van der Waals surface area contributed by atoms with Crippen LogP contribution in [0.4, 0.5) is 5.13 Å². The Bertz CT molecular complexity index is 408. The maximum absolute atomic E-state index is 9.82. The number of aliphatic hydroxyl groups is 1. The van der Waals surface area contributed by atoms with E-state index in [2.05, 4.69) is 10.3 Å². The summed E-state index contributed by atoms with van der Waals surface area (Å²) in [6, 6.07) is 1.96. The molecule has 15 heavy (non-hydrogen) atoms. The van der Waals surface area contributed by atoms with E-state index in [-0.39, 0.29) is 5.15 Å². The molecular formula is C9H10ClN3OS. The van der Waals surface area contributed by atoms with Crippen molar-refractivity contribution in [3.05, 3.63) is 10.0 Å². The van der Waals surface area contributed by atoms with E-state index in [1.165, 1.54) is 11.3 Å². The SMILES string of the molecule is N#Cc1sc(NCC2(O)CCC2)nc1Cl. The Labute approximate surface area is 96.5 Å². The smallest absolute Gasteiger partial charge is 0.185 e. The summed E-state index contributed by atoms with van der Waals surface area (Å²) in [4.78, 5) is 4.38. The monoisotopic (exact) mass is 243 g/mol. The van der Waals surface area contributed by atoms with Gasteiger partial charge in [-0.05, 0) is 19.3 Å². The summed E-state index contributed by atoms with van der Waals surface area (Å²) in [5.74, 6) is 0. The summed E-state index contributed by atoms with van der Waals surface area (Å²) in [5.41, 5.74) is -0.592. The Kier molecular flexibility index (Phi) is 2.83. The zero-order valence-electron chi connectivity index (χ0n) is 7.96. The van der Waals surface area contributed by atoms with Crippen LogP contribution in [0.3, 0.4) is 0 Å². The van der Waals surface area contributed by atoms with Crippen molar-refractivity contribution in [3.63, 3.8) is 0 Å². The van der Waals surface area contributed by atoms with Crippen LogP contribution in [0.1, 0.15) is 24.1 Å². The second-order valence-corrected chi connectivity index (χ2v) is 5.04. The Morgan fingerprint density at radius 1 is 1.67 bits per heavy atom. The molecular weight excluding hydrogens is 234 g/mol. The molecule has 0 unspecified atom stereocenters. The van der Waals surface area contributed by atoms with Gasteiger partial charge in [0.25, 0.3) is 0 Å². The minimum atomic E-state index is -0.592. The Balaban J connectivity index is 1.96. The normalized spacial score (nSPS) is 17.9. The summed E-state index contributed by atoms with van der Waals surface area (Å²) in [5, 5.41) is 22.3. The van der Waals surface area contributed by atoms with Crippen molar-refractivity contribution in [2.45, 2.75) is 24.9 Å². The Hall–Kier alpha value is -0.830. The number of nitriles is 1. The number of aromatic nitrogens is 1. The van der Waals surface area contributed by atoms with Gasteiger partial charge in [0, 0.05) is 6.54 Å².